The number of piperidine rings is 1. The lowest BCUT2D eigenvalue weighted by atomic mass is 9.72. The number of nitrogens with zero attached hydrogens (tertiary/aromatic N) is 1. The molecule has 3 aromatic rings. The zero-order valence-corrected chi connectivity index (χ0v) is 20.4. The highest BCUT2D eigenvalue weighted by molar-refractivity contribution is 7.99. The minimum atomic E-state index is -0.942. The molecule has 34 heavy (non-hydrogen) atoms. The molecular weight excluding hydrogens is 442 g/mol. The number of hydrogen-bond acceptors (Lipinski definition) is 5. The van der Waals surface area contributed by atoms with Crippen molar-refractivity contribution in [2.24, 2.45) is 5.92 Å². The quantitative estimate of drug-likeness (QED) is 0.340. The van der Waals surface area contributed by atoms with Crippen LogP contribution in [0.3, 0.4) is 0 Å². The number of thioether (sulfide) groups is 1. The van der Waals surface area contributed by atoms with Gasteiger partial charge in [-0.25, -0.2) is 0 Å². The van der Waals surface area contributed by atoms with E-state index in [-0.39, 0.29) is 5.92 Å². The molecule has 1 N–H and O–H groups in total. The lowest BCUT2D eigenvalue weighted by molar-refractivity contribution is -0.0141. The maximum atomic E-state index is 12.0. The first-order chi connectivity index (χ1) is 16.7. The average Bonchev–Trinajstić information content (AvgIpc) is 2.92. The molecule has 0 spiro atoms. The van der Waals surface area contributed by atoms with Gasteiger partial charge in [-0.1, -0.05) is 60.7 Å². The molecule has 3 aromatic carbocycles. The van der Waals surface area contributed by atoms with Crippen LogP contribution in [0.4, 0.5) is 0 Å². The maximum absolute atomic E-state index is 12.0. The fourth-order valence-corrected chi connectivity index (χ4v) is 6.05. The molecule has 5 heteroatoms. The average molecular weight is 476 g/mol. The van der Waals surface area contributed by atoms with Gasteiger partial charge in [-0.2, -0.15) is 0 Å². The fourth-order valence-electron chi connectivity index (χ4n) is 5.19. The molecule has 0 atom stereocenters. The molecule has 0 bridgehead atoms. The number of ether oxygens (including phenoxy) is 2. The van der Waals surface area contributed by atoms with Crippen molar-refractivity contribution in [1.29, 1.82) is 0 Å². The van der Waals surface area contributed by atoms with Gasteiger partial charge in [0.25, 0.3) is 0 Å². The van der Waals surface area contributed by atoms with E-state index in [0.29, 0.717) is 13.2 Å². The molecule has 0 amide bonds. The summed E-state index contributed by atoms with van der Waals surface area (Å²) < 4.78 is 11.3. The topological polar surface area (TPSA) is 41.9 Å². The van der Waals surface area contributed by atoms with Crippen molar-refractivity contribution in [3.8, 4) is 11.5 Å². The van der Waals surface area contributed by atoms with Gasteiger partial charge in [-0.05, 0) is 79.9 Å². The van der Waals surface area contributed by atoms with E-state index in [0.717, 1.165) is 67.3 Å². The molecular formula is C29H33NO3S. The predicted molar refractivity (Wildman–Crippen MR) is 138 cm³/mol. The van der Waals surface area contributed by atoms with E-state index in [1.54, 1.807) is 0 Å². The molecule has 0 aliphatic carbocycles. The fraction of sp³-hybridized carbons (Fsp3) is 0.379. The highest BCUT2D eigenvalue weighted by Crippen LogP contribution is 2.42. The van der Waals surface area contributed by atoms with Gasteiger partial charge in [0, 0.05) is 4.90 Å². The van der Waals surface area contributed by atoms with Crippen LogP contribution in [0.2, 0.25) is 0 Å². The van der Waals surface area contributed by atoms with Crippen LogP contribution in [0.5, 0.6) is 11.5 Å². The van der Waals surface area contributed by atoms with Crippen LogP contribution in [0.25, 0.3) is 0 Å². The lowest BCUT2D eigenvalue weighted by Crippen LogP contribution is -2.44. The monoisotopic (exact) mass is 475 g/mol. The highest BCUT2D eigenvalue weighted by Gasteiger charge is 2.41. The summed E-state index contributed by atoms with van der Waals surface area (Å²) in [4.78, 5) is 3.79. The summed E-state index contributed by atoms with van der Waals surface area (Å²) in [5.74, 6) is 3.00. The molecule has 178 valence electrons. The van der Waals surface area contributed by atoms with Gasteiger partial charge in [0.15, 0.2) is 11.5 Å². The van der Waals surface area contributed by atoms with Crippen molar-refractivity contribution in [2.75, 3.05) is 38.6 Å². The summed E-state index contributed by atoms with van der Waals surface area (Å²) in [5, 5.41) is 12.0. The minimum absolute atomic E-state index is 0.209. The second-order valence-electron chi connectivity index (χ2n) is 9.12. The van der Waals surface area contributed by atoms with Gasteiger partial charge in [0.2, 0.25) is 0 Å². The number of likely N-dealkylation sites (tertiary alicyclic amines) is 1. The Bertz CT molecular complexity index is 1010. The molecule has 2 heterocycles. The van der Waals surface area contributed by atoms with Crippen molar-refractivity contribution in [3.63, 3.8) is 0 Å². The van der Waals surface area contributed by atoms with Crippen LogP contribution < -0.4 is 9.47 Å². The van der Waals surface area contributed by atoms with Gasteiger partial charge < -0.3 is 19.5 Å². The van der Waals surface area contributed by atoms with E-state index in [4.69, 9.17) is 9.47 Å². The van der Waals surface area contributed by atoms with E-state index in [1.165, 1.54) is 4.90 Å². The Morgan fingerprint density at radius 1 is 0.824 bits per heavy atom. The van der Waals surface area contributed by atoms with E-state index < -0.39 is 5.60 Å². The lowest BCUT2D eigenvalue weighted by Gasteiger charge is -2.42. The Kier molecular flexibility index (Phi) is 7.43. The molecule has 1 fully saturated rings. The molecule has 5 rings (SSSR count). The first kappa shape index (κ1) is 23.3. The van der Waals surface area contributed by atoms with Crippen LogP contribution in [0.15, 0.2) is 83.8 Å². The van der Waals surface area contributed by atoms with Crippen molar-refractivity contribution >= 4 is 11.8 Å². The van der Waals surface area contributed by atoms with E-state index in [1.807, 2.05) is 54.2 Å². The molecule has 4 nitrogen and oxygen atoms in total. The van der Waals surface area contributed by atoms with Crippen LogP contribution in [-0.2, 0) is 5.60 Å². The SMILES string of the molecule is OC(c1ccccc1)(c1ccccc1)C1CCN(CCCSc2ccc3c(c2)OCCO3)CC1. The van der Waals surface area contributed by atoms with Crippen molar-refractivity contribution in [2.45, 2.75) is 29.8 Å². The molecule has 0 unspecified atom stereocenters. The van der Waals surface area contributed by atoms with Crippen molar-refractivity contribution in [3.05, 3.63) is 90.0 Å². The first-order valence-electron chi connectivity index (χ1n) is 12.3. The Labute approximate surface area is 206 Å². The summed E-state index contributed by atoms with van der Waals surface area (Å²) in [6, 6.07) is 26.6. The smallest absolute Gasteiger partial charge is 0.162 e. The van der Waals surface area contributed by atoms with Gasteiger partial charge >= 0.3 is 0 Å². The number of fused-ring (bicyclic) bond motifs is 1. The zero-order valence-electron chi connectivity index (χ0n) is 19.6. The van der Waals surface area contributed by atoms with E-state index >= 15 is 0 Å². The molecule has 0 aromatic heterocycles. The molecule has 1 saturated heterocycles. The minimum Gasteiger partial charge on any atom is -0.486 e. The second-order valence-corrected chi connectivity index (χ2v) is 10.3. The van der Waals surface area contributed by atoms with Gasteiger partial charge in [0.1, 0.15) is 18.8 Å². The number of benzene rings is 3. The third-order valence-electron chi connectivity index (χ3n) is 7.01. The van der Waals surface area contributed by atoms with Gasteiger partial charge in [0.05, 0.1) is 0 Å². The Morgan fingerprint density at radius 2 is 1.44 bits per heavy atom. The van der Waals surface area contributed by atoms with Crippen molar-refractivity contribution < 1.29 is 14.6 Å². The molecule has 2 aliphatic heterocycles. The number of hydrogen-bond donors (Lipinski definition) is 1. The van der Waals surface area contributed by atoms with Crippen LogP contribution in [0, 0.1) is 5.92 Å². The Hall–Kier alpha value is -2.47. The highest BCUT2D eigenvalue weighted by atomic mass is 32.2. The summed E-state index contributed by atoms with van der Waals surface area (Å²) in [6.07, 6.45) is 3.14. The number of aliphatic hydroxyl groups is 1. The van der Waals surface area contributed by atoms with Crippen LogP contribution in [-0.4, -0.2) is 48.6 Å². The van der Waals surface area contributed by atoms with E-state index in [9.17, 15) is 5.11 Å². The molecule has 0 radical (unpaired) electrons. The van der Waals surface area contributed by atoms with Gasteiger partial charge in [-0.3, -0.25) is 0 Å². The third-order valence-corrected chi connectivity index (χ3v) is 8.09. The summed E-state index contributed by atoms with van der Waals surface area (Å²) in [5.41, 5.74) is 1.05. The second kappa shape index (κ2) is 10.9. The normalized spacial score (nSPS) is 17.0. The summed E-state index contributed by atoms with van der Waals surface area (Å²) in [7, 11) is 0. The maximum Gasteiger partial charge on any atom is 0.162 e. The summed E-state index contributed by atoms with van der Waals surface area (Å²) in [6.45, 7) is 4.41. The van der Waals surface area contributed by atoms with Gasteiger partial charge in [-0.15, -0.1) is 11.8 Å². The predicted octanol–water partition coefficient (Wildman–Crippen LogP) is 5.59. The standard InChI is InChI=1S/C29H33NO3S/c31-29(23-8-3-1-4-9-23,24-10-5-2-6-11-24)25-14-17-30(18-15-25)16-7-21-34-26-12-13-27-28(22-26)33-20-19-32-27/h1-6,8-13,22,25,31H,7,14-21H2. The number of rotatable bonds is 8. The van der Waals surface area contributed by atoms with E-state index in [2.05, 4.69) is 41.3 Å². The van der Waals surface area contributed by atoms with Crippen molar-refractivity contribution in [1.82, 2.24) is 4.90 Å². The molecule has 2 aliphatic rings. The Morgan fingerprint density at radius 3 is 2.09 bits per heavy atom. The Balaban J connectivity index is 1.14. The largest absolute Gasteiger partial charge is 0.486 e. The summed E-state index contributed by atoms with van der Waals surface area (Å²) >= 11 is 1.88. The van der Waals surface area contributed by atoms with Crippen LogP contribution >= 0.6 is 11.8 Å². The molecule has 0 saturated carbocycles. The van der Waals surface area contributed by atoms with Crippen LogP contribution in [0.1, 0.15) is 30.4 Å². The first-order valence-corrected chi connectivity index (χ1v) is 13.3. The third kappa shape index (κ3) is 5.12. The zero-order chi connectivity index (χ0) is 23.2.